The third-order valence-electron chi connectivity index (χ3n) is 6.63. The summed E-state index contributed by atoms with van der Waals surface area (Å²) >= 11 is 0. The van der Waals surface area contributed by atoms with Gasteiger partial charge < -0.3 is 19.4 Å². The molecular weight excluding hydrogens is 414 g/mol. The molecule has 0 saturated carbocycles. The van der Waals surface area contributed by atoms with Crippen LogP contribution in [-0.2, 0) is 15.0 Å². The summed E-state index contributed by atoms with van der Waals surface area (Å²) in [6, 6.07) is 14.5. The molecule has 2 amide bonds. The molecule has 176 valence electrons. The van der Waals surface area contributed by atoms with Crippen molar-refractivity contribution in [1.82, 2.24) is 4.90 Å². The summed E-state index contributed by atoms with van der Waals surface area (Å²) < 4.78 is 5.64. The molecule has 0 unspecified atom stereocenters. The largest absolute Gasteiger partial charge is 0.482 e. The van der Waals surface area contributed by atoms with Crippen molar-refractivity contribution in [3.05, 3.63) is 53.6 Å². The number of hydrogen-bond donors (Lipinski definition) is 0. The summed E-state index contributed by atoms with van der Waals surface area (Å²) in [4.78, 5) is 31.5. The van der Waals surface area contributed by atoms with Crippen LogP contribution in [0.25, 0.3) is 0 Å². The van der Waals surface area contributed by atoms with Crippen molar-refractivity contribution in [3.63, 3.8) is 0 Å². The molecule has 33 heavy (non-hydrogen) atoms. The Hall–Kier alpha value is -3.02. The summed E-state index contributed by atoms with van der Waals surface area (Å²) in [7, 11) is 0. The minimum absolute atomic E-state index is 0.0163. The molecule has 0 aliphatic carbocycles. The Morgan fingerprint density at radius 3 is 2.42 bits per heavy atom. The Bertz CT molecular complexity index is 1020. The van der Waals surface area contributed by atoms with E-state index in [0.29, 0.717) is 19.4 Å². The molecule has 2 aliphatic heterocycles. The standard InChI is InChI=1S/C27H35N3O3/c1-20-8-5-6-9-22(20)28-14-16-29(17-15-28)25(31)10-7-13-30-23-18-21(27(2,3)4)11-12-24(23)33-19-26(30)32/h5-6,8-9,11-12,18H,7,10,13-17,19H2,1-4H3. The van der Waals surface area contributed by atoms with Crippen molar-refractivity contribution >= 4 is 23.2 Å². The smallest absolute Gasteiger partial charge is 0.265 e. The summed E-state index contributed by atoms with van der Waals surface area (Å²) in [5, 5.41) is 0. The van der Waals surface area contributed by atoms with Gasteiger partial charge in [-0.1, -0.05) is 45.0 Å². The lowest BCUT2D eigenvalue weighted by atomic mass is 9.86. The molecule has 0 spiro atoms. The Morgan fingerprint density at radius 1 is 1.00 bits per heavy atom. The van der Waals surface area contributed by atoms with Gasteiger partial charge in [-0.15, -0.1) is 0 Å². The second kappa shape index (κ2) is 9.46. The molecule has 2 aromatic rings. The zero-order chi connectivity index (χ0) is 23.6. The molecular formula is C27H35N3O3. The highest BCUT2D eigenvalue weighted by Gasteiger charge is 2.28. The van der Waals surface area contributed by atoms with Gasteiger partial charge >= 0.3 is 0 Å². The Balaban J connectivity index is 1.32. The Morgan fingerprint density at radius 2 is 1.73 bits per heavy atom. The fraction of sp³-hybridized carbons (Fsp3) is 0.481. The van der Waals surface area contributed by atoms with E-state index < -0.39 is 0 Å². The number of para-hydroxylation sites is 1. The first-order valence-corrected chi connectivity index (χ1v) is 11.9. The van der Waals surface area contributed by atoms with E-state index in [4.69, 9.17) is 4.74 Å². The molecule has 6 heteroatoms. The fourth-order valence-corrected chi connectivity index (χ4v) is 4.58. The van der Waals surface area contributed by atoms with Crippen molar-refractivity contribution in [3.8, 4) is 5.75 Å². The minimum Gasteiger partial charge on any atom is -0.482 e. The number of rotatable bonds is 5. The number of fused-ring (bicyclic) bond motifs is 1. The van der Waals surface area contributed by atoms with Crippen LogP contribution in [-0.4, -0.2) is 56.0 Å². The van der Waals surface area contributed by atoms with Crippen molar-refractivity contribution in [2.45, 2.75) is 46.0 Å². The number of hydrogen-bond acceptors (Lipinski definition) is 4. The number of piperazine rings is 1. The summed E-state index contributed by atoms with van der Waals surface area (Å²) in [5.41, 5.74) is 4.48. The van der Waals surface area contributed by atoms with Crippen LogP contribution in [0.15, 0.2) is 42.5 Å². The quantitative estimate of drug-likeness (QED) is 0.688. The van der Waals surface area contributed by atoms with E-state index in [0.717, 1.165) is 43.2 Å². The minimum atomic E-state index is -0.0483. The molecule has 2 aliphatic rings. The van der Waals surface area contributed by atoms with E-state index in [-0.39, 0.29) is 23.8 Å². The first-order chi connectivity index (χ1) is 15.7. The molecule has 2 aromatic carbocycles. The maximum absolute atomic E-state index is 12.8. The van der Waals surface area contributed by atoms with Gasteiger partial charge in [0.25, 0.3) is 5.91 Å². The highest BCUT2D eigenvalue weighted by molar-refractivity contribution is 5.98. The second-order valence-corrected chi connectivity index (χ2v) is 10.0. The lowest BCUT2D eigenvalue weighted by Gasteiger charge is -2.37. The molecule has 2 heterocycles. The van der Waals surface area contributed by atoms with E-state index in [1.54, 1.807) is 4.90 Å². The topological polar surface area (TPSA) is 53.1 Å². The van der Waals surface area contributed by atoms with Gasteiger partial charge in [0.05, 0.1) is 5.69 Å². The van der Waals surface area contributed by atoms with Crippen LogP contribution in [0.3, 0.4) is 0 Å². The molecule has 1 fully saturated rings. The van der Waals surface area contributed by atoms with Crippen molar-refractivity contribution in [1.29, 1.82) is 0 Å². The van der Waals surface area contributed by atoms with E-state index in [1.165, 1.54) is 11.3 Å². The number of anilines is 2. The molecule has 0 bridgehead atoms. The van der Waals surface area contributed by atoms with Gasteiger partial charge in [0, 0.05) is 44.8 Å². The van der Waals surface area contributed by atoms with Gasteiger partial charge in [-0.3, -0.25) is 9.59 Å². The molecule has 0 N–H and O–H groups in total. The average Bonchev–Trinajstić information content (AvgIpc) is 2.80. The highest BCUT2D eigenvalue weighted by Crippen LogP contribution is 2.36. The number of benzene rings is 2. The van der Waals surface area contributed by atoms with Crippen LogP contribution < -0.4 is 14.5 Å². The predicted molar refractivity (Wildman–Crippen MR) is 132 cm³/mol. The lowest BCUT2D eigenvalue weighted by molar-refractivity contribution is -0.131. The van der Waals surface area contributed by atoms with Gasteiger partial charge in [0.15, 0.2) is 6.61 Å². The van der Waals surface area contributed by atoms with Gasteiger partial charge in [-0.05, 0) is 48.1 Å². The zero-order valence-electron chi connectivity index (χ0n) is 20.3. The molecule has 0 atom stereocenters. The Labute approximate surface area is 197 Å². The number of nitrogens with zero attached hydrogens (tertiary/aromatic N) is 3. The normalized spacial score (nSPS) is 16.5. The third-order valence-corrected chi connectivity index (χ3v) is 6.63. The lowest BCUT2D eigenvalue weighted by Crippen LogP contribution is -2.49. The van der Waals surface area contributed by atoms with E-state index in [1.807, 2.05) is 11.0 Å². The van der Waals surface area contributed by atoms with Crippen LogP contribution in [0.4, 0.5) is 11.4 Å². The number of amides is 2. The first-order valence-electron chi connectivity index (χ1n) is 11.9. The van der Waals surface area contributed by atoms with Gasteiger partial charge in [0.1, 0.15) is 5.75 Å². The van der Waals surface area contributed by atoms with E-state index >= 15 is 0 Å². The summed E-state index contributed by atoms with van der Waals surface area (Å²) in [6.07, 6.45) is 1.09. The van der Waals surface area contributed by atoms with Crippen LogP contribution in [0.1, 0.15) is 44.7 Å². The number of ether oxygens (including phenoxy) is 1. The number of aryl methyl sites for hydroxylation is 1. The summed E-state index contributed by atoms with van der Waals surface area (Å²) in [5.74, 6) is 0.859. The van der Waals surface area contributed by atoms with Crippen molar-refractivity contribution < 1.29 is 14.3 Å². The van der Waals surface area contributed by atoms with Gasteiger partial charge in [-0.2, -0.15) is 0 Å². The maximum Gasteiger partial charge on any atom is 0.265 e. The van der Waals surface area contributed by atoms with Crippen molar-refractivity contribution in [2.75, 3.05) is 49.1 Å². The van der Waals surface area contributed by atoms with Crippen LogP contribution in [0.2, 0.25) is 0 Å². The first kappa shape index (κ1) is 23.1. The fourth-order valence-electron chi connectivity index (χ4n) is 4.58. The maximum atomic E-state index is 12.8. The van der Waals surface area contributed by atoms with E-state index in [2.05, 4.69) is 69.0 Å². The molecule has 4 rings (SSSR count). The van der Waals surface area contributed by atoms with E-state index in [9.17, 15) is 9.59 Å². The Kier molecular flexibility index (Phi) is 6.63. The molecule has 0 aromatic heterocycles. The SMILES string of the molecule is Cc1ccccc1N1CCN(C(=O)CCCN2C(=O)COc3ccc(C(C)(C)C)cc32)CC1. The third kappa shape index (κ3) is 5.15. The second-order valence-electron chi connectivity index (χ2n) is 10.0. The van der Waals surface area contributed by atoms with Crippen LogP contribution in [0.5, 0.6) is 5.75 Å². The summed E-state index contributed by atoms with van der Waals surface area (Å²) in [6.45, 7) is 12.3. The van der Waals surface area contributed by atoms with Gasteiger partial charge in [0.2, 0.25) is 5.91 Å². The average molecular weight is 450 g/mol. The monoisotopic (exact) mass is 449 g/mol. The number of carbonyl (C=O) groups is 2. The zero-order valence-corrected chi connectivity index (χ0v) is 20.3. The predicted octanol–water partition coefficient (Wildman–Crippen LogP) is 4.15. The molecule has 1 saturated heterocycles. The van der Waals surface area contributed by atoms with Crippen LogP contribution in [0, 0.1) is 6.92 Å². The van der Waals surface area contributed by atoms with Crippen molar-refractivity contribution in [2.24, 2.45) is 0 Å². The highest BCUT2D eigenvalue weighted by atomic mass is 16.5. The van der Waals surface area contributed by atoms with Crippen LogP contribution >= 0.6 is 0 Å². The molecule has 0 radical (unpaired) electrons. The van der Waals surface area contributed by atoms with Gasteiger partial charge in [-0.25, -0.2) is 0 Å². The molecule has 6 nitrogen and oxygen atoms in total. The number of carbonyl (C=O) groups excluding carboxylic acids is 2.